The van der Waals surface area contributed by atoms with Gasteiger partial charge in [-0.2, -0.15) is 0 Å². The molecule has 6 heteroatoms. The first-order chi connectivity index (χ1) is 11.1. The number of aryl methyl sites for hydroxylation is 1. The van der Waals surface area contributed by atoms with Crippen molar-refractivity contribution in [2.45, 2.75) is 38.6 Å². The molecule has 23 heavy (non-hydrogen) atoms. The standard InChI is InChI=1S/C17H19BrN4O/c1-11-6-7-15(14(18)8-11)22-16(23)12-9-19-17(20-10-12)21-13-4-2-3-5-13/h6-10,13H,2-5H2,1H3,(H,22,23)(H,19,20,21). The summed E-state index contributed by atoms with van der Waals surface area (Å²) in [5.41, 5.74) is 2.30. The molecule has 1 aromatic heterocycles. The highest BCUT2D eigenvalue weighted by Gasteiger charge is 2.16. The van der Waals surface area contributed by atoms with Gasteiger partial charge in [0.15, 0.2) is 0 Å². The molecule has 0 radical (unpaired) electrons. The zero-order chi connectivity index (χ0) is 16.2. The van der Waals surface area contributed by atoms with Gasteiger partial charge < -0.3 is 10.6 Å². The molecule has 2 N–H and O–H groups in total. The number of nitrogens with zero attached hydrogens (tertiary/aromatic N) is 2. The van der Waals surface area contributed by atoms with E-state index in [0.29, 0.717) is 17.6 Å². The minimum Gasteiger partial charge on any atom is -0.351 e. The van der Waals surface area contributed by atoms with Crippen LogP contribution in [0.5, 0.6) is 0 Å². The van der Waals surface area contributed by atoms with Crippen molar-refractivity contribution in [3.05, 3.63) is 46.2 Å². The van der Waals surface area contributed by atoms with Gasteiger partial charge in [-0.25, -0.2) is 9.97 Å². The maximum Gasteiger partial charge on any atom is 0.258 e. The molecule has 120 valence electrons. The molecule has 1 aliphatic rings. The van der Waals surface area contributed by atoms with Crippen LogP contribution in [-0.4, -0.2) is 21.9 Å². The molecule has 0 unspecified atom stereocenters. The van der Waals surface area contributed by atoms with Crippen molar-refractivity contribution in [2.24, 2.45) is 0 Å². The van der Waals surface area contributed by atoms with E-state index in [1.165, 1.54) is 12.8 Å². The van der Waals surface area contributed by atoms with Crippen molar-refractivity contribution in [1.82, 2.24) is 9.97 Å². The third-order valence-electron chi connectivity index (χ3n) is 3.98. The van der Waals surface area contributed by atoms with Crippen LogP contribution in [0.2, 0.25) is 0 Å². The molecular weight excluding hydrogens is 356 g/mol. The number of hydrogen-bond acceptors (Lipinski definition) is 4. The second kappa shape index (κ2) is 7.08. The summed E-state index contributed by atoms with van der Waals surface area (Å²) in [5.74, 6) is 0.368. The Hall–Kier alpha value is -1.95. The lowest BCUT2D eigenvalue weighted by molar-refractivity contribution is 0.102. The fraction of sp³-hybridized carbons (Fsp3) is 0.353. The van der Waals surface area contributed by atoms with Crippen LogP contribution in [0.15, 0.2) is 35.1 Å². The number of hydrogen-bond donors (Lipinski definition) is 2. The fourth-order valence-corrected chi connectivity index (χ4v) is 3.28. The molecule has 0 spiro atoms. The Bertz CT molecular complexity index is 696. The smallest absolute Gasteiger partial charge is 0.258 e. The summed E-state index contributed by atoms with van der Waals surface area (Å²) in [4.78, 5) is 20.8. The summed E-state index contributed by atoms with van der Waals surface area (Å²) in [6.45, 7) is 2.00. The Morgan fingerprint density at radius 2 is 1.91 bits per heavy atom. The summed E-state index contributed by atoms with van der Waals surface area (Å²) in [6.07, 6.45) is 7.94. The molecule has 0 aliphatic heterocycles. The van der Waals surface area contributed by atoms with Crippen LogP contribution < -0.4 is 10.6 Å². The number of carbonyl (C=O) groups excluding carboxylic acids is 1. The van der Waals surface area contributed by atoms with Crippen LogP contribution in [0.25, 0.3) is 0 Å². The SMILES string of the molecule is Cc1ccc(NC(=O)c2cnc(NC3CCCC3)nc2)c(Br)c1. The monoisotopic (exact) mass is 374 g/mol. The predicted octanol–water partition coefficient (Wildman–Crippen LogP) is 4.15. The maximum absolute atomic E-state index is 12.3. The Morgan fingerprint density at radius 1 is 1.22 bits per heavy atom. The molecule has 2 aromatic rings. The van der Waals surface area contributed by atoms with Crippen molar-refractivity contribution in [3.8, 4) is 0 Å². The molecule has 1 heterocycles. The second-order valence-electron chi connectivity index (χ2n) is 5.86. The number of anilines is 2. The van der Waals surface area contributed by atoms with Gasteiger partial charge in [-0.05, 0) is 53.4 Å². The van der Waals surface area contributed by atoms with Crippen molar-refractivity contribution in [2.75, 3.05) is 10.6 Å². The van der Waals surface area contributed by atoms with Gasteiger partial charge in [0, 0.05) is 22.9 Å². The van der Waals surface area contributed by atoms with E-state index >= 15 is 0 Å². The molecule has 1 fully saturated rings. The molecule has 3 rings (SSSR count). The summed E-state index contributed by atoms with van der Waals surface area (Å²) in [5, 5.41) is 6.17. The highest BCUT2D eigenvalue weighted by atomic mass is 79.9. The van der Waals surface area contributed by atoms with Gasteiger partial charge in [0.2, 0.25) is 5.95 Å². The van der Waals surface area contributed by atoms with Crippen LogP contribution >= 0.6 is 15.9 Å². The molecule has 1 saturated carbocycles. The lowest BCUT2D eigenvalue weighted by Crippen LogP contribution is -2.18. The number of halogens is 1. The Balaban J connectivity index is 1.65. The number of aromatic nitrogens is 2. The first kappa shape index (κ1) is 15.9. The summed E-state index contributed by atoms with van der Waals surface area (Å²) < 4.78 is 0.853. The number of benzene rings is 1. The van der Waals surface area contributed by atoms with Gasteiger partial charge in [0.25, 0.3) is 5.91 Å². The number of rotatable bonds is 4. The highest BCUT2D eigenvalue weighted by Crippen LogP contribution is 2.24. The topological polar surface area (TPSA) is 66.9 Å². The van der Waals surface area contributed by atoms with Crippen molar-refractivity contribution in [3.63, 3.8) is 0 Å². The van der Waals surface area contributed by atoms with Crippen molar-refractivity contribution >= 4 is 33.5 Å². The van der Waals surface area contributed by atoms with Gasteiger partial charge in [-0.15, -0.1) is 0 Å². The Morgan fingerprint density at radius 3 is 2.57 bits per heavy atom. The molecule has 0 atom stereocenters. The van der Waals surface area contributed by atoms with E-state index in [2.05, 4.69) is 36.5 Å². The summed E-state index contributed by atoms with van der Waals surface area (Å²) in [7, 11) is 0. The van der Waals surface area contributed by atoms with Gasteiger partial charge in [0.1, 0.15) is 0 Å². The minimum atomic E-state index is -0.220. The maximum atomic E-state index is 12.3. The summed E-state index contributed by atoms with van der Waals surface area (Å²) in [6, 6.07) is 6.23. The van der Waals surface area contributed by atoms with E-state index in [9.17, 15) is 4.79 Å². The van der Waals surface area contributed by atoms with Crippen LogP contribution in [0.1, 0.15) is 41.6 Å². The lowest BCUT2D eigenvalue weighted by Gasteiger charge is -2.12. The van der Waals surface area contributed by atoms with E-state index < -0.39 is 0 Å². The van der Waals surface area contributed by atoms with Crippen molar-refractivity contribution in [1.29, 1.82) is 0 Å². The van der Waals surface area contributed by atoms with Crippen LogP contribution in [0.4, 0.5) is 11.6 Å². The van der Waals surface area contributed by atoms with E-state index in [-0.39, 0.29) is 5.91 Å². The highest BCUT2D eigenvalue weighted by molar-refractivity contribution is 9.10. The molecule has 1 aromatic carbocycles. The van der Waals surface area contributed by atoms with Crippen LogP contribution in [0, 0.1) is 6.92 Å². The van der Waals surface area contributed by atoms with Crippen molar-refractivity contribution < 1.29 is 4.79 Å². The average Bonchev–Trinajstić information content (AvgIpc) is 3.04. The van der Waals surface area contributed by atoms with Gasteiger partial charge >= 0.3 is 0 Å². The van der Waals surface area contributed by atoms with E-state index in [4.69, 9.17) is 0 Å². The summed E-state index contributed by atoms with van der Waals surface area (Å²) >= 11 is 3.45. The number of nitrogens with one attached hydrogen (secondary N) is 2. The quantitative estimate of drug-likeness (QED) is 0.843. The molecule has 0 saturated heterocycles. The van der Waals surface area contributed by atoms with E-state index in [0.717, 1.165) is 28.6 Å². The zero-order valence-electron chi connectivity index (χ0n) is 13.0. The zero-order valence-corrected chi connectivity index (χ0v) is 14.6. The molecule has 0 bridgehead atoms. The fourth-order valence-electron chi connectivity index (χ4n) is 2.69. The van der Waals surface area contributed by atoms with E-state index in [1.807, 2.05) is 25.1 Å². The predicted molar refractivity (Wildman–Crippen MR) is 94.7 cm³/mol. The minimum absolute atomic E-state index is 0.220. The lowest BCUT2D eigenvalue weighted by atomic mass is 10.2. The third-order valence-corrected chi connectivity index (χ3v) is 4.63. The van der Waals surface area contributed by atoms with Gasteiger partial charge in [-0.3, -0.25) is 4.79 Å². The number of carbonyl (C=O) groups is 1. The molecule has 1 amide bonds. The first-order valence-corrected chi connectivity index (χ1v) is 8.57. The van der Waals surface area contributed by atoms with Crippen LogP contribution in [0.3, 0.4) is 0 Å². The van der Waals surface area contributed by atoms with Gasteiger partial charge in [0.05, 0.1) is 11.3 Å². The Kier molecular flexibility index (Phi) is 4.91. The molecule has 1 aliphatic carbocycles. The third kappa shape index (κ3) is 4.07. The molecular formula is C17H19BrN4O. The first-order valence-electron chi connectivity index (χ1n) is 7.78. The average molecular weight is 375 g/mol. The Labute approximate surface area is 144 Å². The van der Waals surface area contributed by atoms with E-state index in [1.54, 1.807) is 12.4 Å². The normalized spacial score (nSPS) is 14.7. The second-order valence-corrected chi connectivity index (χ2v) is 6.71. The largest absolute Gasteiger partial charge is 0.351 e. The number of amides is 1. The molecule has 5 nitrogen and oxygen atoms in total. The van der Waals surface area contributed by atoms with Gasteiger partial charge in [-0.1, -0.05) is 18.9 Å². The van der Waals surface area contributed by atoms with Crippen LogP contribution in [-0.2, 0) is 0 Å².